The van der Waals surface area contributed by atoms with Crippen LogP contribution in [0.25, 0.3) is 0 Å². The molecule has 0 aromatic heterocycles. The number of Topliss-reactive ketones (excluding diaryl/α,β-unsaturated/α-hetero) is 1. The number of benzene rings is 1. The highest BCUT2D eigenvalue weighted by Gasteiger charge is 2.28. The number of hydrogen-bond donors (Lipinski definition) is 1. The van der Waals surface area contributed by atoms with Gasteiger partial charge in [-0.05, 0) is 12.8 Å². The lowest BCUT2D eigenvalue weighted by molar-refractivity contribution is -0.137. The molecule has 1 N–H and O–H groups in total. The fourth-order valence-electron chi connectivity index (χ4n) is 3.00. The molecule has 1 fully saturated rings. The Labute approximate surface area is 137 Å². The minimum absolute atomic E-state index is 0.0512. The van der Waals surface area contributed by atoms with Gasteiger partial charge < -0.3 is 10.2 Å². The maximum atomic E-state index is 12.5. The average Bonchev–Trinajstić information content (AvgIpc) is 2.81. The zero-order valence-corrected chi connectivity index (χ0v) is 13.6. The number of carbonyl (C=O) groups is 3. The summed E-state index contributed by atoms with van der Waals surface area (Å²) in [4.78, 5) is 38.1. The van der Waals surface area contributed by atoms with E-state index in [0.717, 1.165) is 25.7 Å². The van der Waals surface area contributed by atoms with E-state index >= 15 is 0 Å². The second-order valence-electron chi connectivity index (χ2n) is 5.93. The lowest BCUT2D eigenvalue weighted by Gasteiger charge is -2.29. The fraction of sp³-hybridized carbons (Fsp3) is 0.500. The Morgan fingerprint density at radius 3 is 2.57 bits per heavy atom. The minimum Gasteiger partial charge on any atom is -0.359 e. The number of likely N-dealkylation sites (tertiary alicyclic amines) is 1. The van der Waals surface area contributed by atoms with Crippen LogP contribution >= 0.6 is 0 Å². The standard InChI is InChI=1S/C18H24N2O3/c1-19-17(22)13-18(23)20-11-7-3-6-10-15(20)12-16(21)14-8-4-2-5-9-14/h2,4-5,8-9,15H,3,6-7,10-13H2,1H3,(H,19,22)/t15-/m0/s1. The van der Waals surface area contributed by atoms with Crippen molar-refractivity contribution in [2.24, 2.45) is 0 Å². The van der Waals surface area contributed by atoms with Gasteiger partial charge in [0.2, 0.25) is 11.8 Å². The molecule has 1 aromatic carbocycles. The van der Waals surface area contributed by atoms with Gasteiger partial charge in [-0.3, -0.25) is 14.4 Å². The molecule has 0 aliphatic carbocycles. The SMILES string of the molecule is CNC(=O)CC(=O)N1CCCCC[C@H]1CC(=O)c1ccccc1. The highest BCUT2D eigenvalue weighted by atomic mass is 16.2. The number of ketones is 1. The molecule has 0 saturated carbocycles. The molecule has 1 aliphatic heterocycles. The summed E-state index contributed by atoms with van der Waals surface area (Å²) in [5.74, 6) is -0.417. The Morgan fingerprint density at radius 2 is 1.87 bits per heavy atom. The molecule has 1 atom stereocenters. The third kappa shape index (κ3) is 4.91. The molecule has 0 bridgehead atoms. The van der Waals surface area contributed by atoms with Gasteiger partial charge in [-0.25, -0.2) is 0 Å². The summed E-state index contributed by atoms with van der Waals surface area (Å²) >= 11 is 0. The van der Waals surface area contributed by atoms with E-state index in [1.807, 2.05) is 18.2 Å². The van der Waals surface area contributed by atoms with E-state index in [1.54, 1.807) is 17.0 Å². The van der Waals surface area contributed by atoms with Crippen LogP contribution in [-0.4, -0.2) is 42.1 Å². The number of nitrogens with one attached hydrogen (secondary N) is 1. The first kappa shape index (κ1) is 17.2. The summed E-state index contributed by atoms with van der Waals surface area (Å²) in [6.07, 6.45) is 3.99. The second kappa shape index (κ2) is 8.46. The molecule has 1 aliphatic rings. The number of hydrogen-bond acceptors (Lipinski definition) is 3. The van der Waals surface area contributed by atoms with Crippen molar-refractivity contribution in [2.45, 2.75) is 44.6 Å². The zero-order chi connectivity index (χ0) is 16.7. The Balaban J connectivity index is 2.07. The largest absolute Gasteiger partial charge is 0.359 e. The quantitative estimate of drug-likeness (QED) is 0.669. The van der Waals surface area contributed by atoms with Crippen molar-refractivity contribution in [3.8, 4) is 0 Å². The van der Waals surface area contributed by atoms with Crippen LogP contribution in [0.1, 0.15) is 48.9 Å². The number of nitrogens with zero attached hydrogens (tertiary/aromatic N) is 1. The smallest absolute Gasteiger partial charge is 0.232 e. The van der Waals surface area contributed by atoms with Crippen molar-refractivity contribution in [3.63, 3.8) is 0 Å². The summed E-state index contributed by atoms with van der Waals surface area (Å²) in [6.45, 7) is 0.628. The topological polar surface area (TPSA) is 66.5 Å². The number of amides is 2. The molecule has 0 unspecified atom stereocenters. The maximum Gasteiger partial charge on any atom is 0.232 e. The lowest BCUT2D eigenvalue weighted by Crippen LogP contribution is -2.43. The van der Waals surface area contributed by atoms with Crippen LogP contribution in [0, 0.1) is 0 Å². The van der Waals surface area contributed by atoms with Crippen LogP contribution in [0.2, 0.25) is 0 Å². The molecule has 0 radical (unpaired) electrons. The normalized spacial score (nSPS) is 18.1. The fourth-order valence-corrected chi connectivity index (χ4v) is 3.00. The molecule has 5 heteroatoms. The molecule has 5 nitrogen and oxygen atoms in total. The van der Waals surface area contributed by atoms with Gasteiger partial charge in [0.25, 0.3) is 0 Å². The van der Waals surface area contributed by atoms with E-state index in [-0.39, 0.29) is 30.1 Å². The summed E-state index contributed by atoms with van der Waals surface area (Å²) in [7, 11) is 1.52. The molecule has 1 heterocycles. The van der Waals surface area contributed by atoms with Gasteiger partial charge in [0.15, 0.2) is 5.78 Å². The van der Waals surface area contributed by atoms with Gasteiger partial charge in [0.1, 0.15) is 6.42 Å². The van der Waals surface area contributed by atoms with Crippen LogP contribution in [-0.2, 0) is 9.59 Å². The van der Waals surface area contributed by atoms with Gasteiger partial charge in [-0.1, -0.05) is 43.2 Å². The van der Waals surface area contributed by atoms with Crippen molar-refractivity contribution in [1.82, 2.24) is 10.2 Å². The molecule has 23 heavy (non-hydrogen) atoms. The molecule has 124 valence electrons. The number of rotatable bonds is 5. The predicted molar refractivity (Wildman–Crippen MR) is 88.0 cm³/mol. The summed E-state index contributed by atoms with van der Waals surface area (Å²) in [5.41, 5.74) is 0.676. The van der Waals surface area contributed by atoms with Crippen molar-refractivity contribution < 1.29 is 14.4 Å². The van der Waals surface area contributed by atoms with Gasteiger partial charge in [0, 0.05) is 31.6 Å². The summed E-state index contributed by atoms with van der Waals surface area (Å²) < 4.78 is 0. The highest BCUT2D eigenvalue weighted by molar-refractivity contribution is 5.98. The Bertz CT molecular complexity index is 557. The Hall–Kier alpha value is -2.17. The van der Waals surface area contributed by atoms with E-state index in [4.69, 9.17) is 0 Å². The predicted octanol–water partition coefficient (Wildman–Crippen LogP) is 2.17. The van der Waals surface area contributed by atoms with E-state index in [2.05, 4.69) is 5.32 Å². The van der Waals surface area contributed by atoms with Crippen molar-refractivity contribution >= 4 is 17.6 Å². The van der Waals surface area contributed by atoms with Crippen LogP contribution < -0.4 is 5.32 Å². The van der Waals surface area contributed by atoms with E-state index in [9.17, 15) is 14.4 Å². The summed E-state index contributed by atoms with van der Waals surface area (Å²) in [6, 6.07) is 9.05. The van der Waals surface area contributed by atoms with E-state index in [1.165, 1.54) is 7.05 Å². The van der Waals surface area contributed by atoms with Crippen LogP contribution in [0.15, 0.2) is 30.3 Å². The third-order valence-electron chi connectivity index (χ3n) is 4.30. The van der Waals surface area contributed by atoms with Gasteiger partial charge >= 0.3 is 0 Å². The molecule has 2 rings (SSSR count). The first-order chi connectivity index (χ1) is 11.1. The highest BCUT2D eigenvalue weighted by Crippen LogP contribution is 2.22. The minimum atomic E-state index is -0.285. The zero-order valence-electron chi connectivity index (χ0n) is 13.6. The van der Waals surface area contributed by atoms with Gasteiger partial charge in [-0.2, -0.15) is 0 Å². The van der Waals surface area contributed by atoms with E-state index in [0.29, 0.717) is 18.5 Å². The van der Waals surface area contributed by atoms with E-state index < -0.39 is 0 Å². The first-order valence-electron chi connectivity index (χ1n) is 8.20. The molecular formula is C18H24N2O3. The molecule has 1 aromatic rings. The van der Waals surface area contributed by atoms with Crippen molar-refractivity contribution in [3.05, 3.63) is 35.9 Å². The van der Waals surface area contributed by atoms with Crippen LogP contribution in [0.5, 0.6) is 0 Å². The Kier molecular flexibility index (Phi) is 6.32. The summed E-state index contributed by atoms with van der Waals surface area (Å²) in [5, 5.41) is 2.48. The van der Waals surface area contributed by atoms with Crippen LogP contribution in [0.3, 0.4) is 0 Å². The molecule has 2 amide bonds. The Morgan fingerprint density at radius 1 is 1.13 bits per heavy atom. The van der Waals surface area contributed by atoms with Crippen molar-refractivity contribution in [1.29, 1.82) is 0 Å². The third-order valence-corrected chi connectivity index (χ3v) is 4.30. The molecular weight excluding hydrogens is 292 g/mol. The monoisotopic (exact) mass is 316 g/mol. The number of carbonyl (C=O) groups excluding carboxylic acids is 3. The molecule has 0 spiro atoms. The maximum absolute atomic E-state index is 12.5. The first-order valence-corrected chi connectivity index (χ1v) is 8.20. The lowest BCUT2D eigenvalue weighted by atomic mass is 9.99. The second-order valence-corrected chi connectivity index (χ2v) is 5.93. The van der Waals surface area contributed by atoms with Crippen molar-refractivity contribution in [2.75, 3.05) is 13.6 Å². The van der Waals surface area contributed by atoms with Gasteiger partial charge in [-0.15, -0.1) is 0 Å². The average molecular weight is 316 g/mol. The molecule has 1 saturated heterocycles. The van der Waals surface area contributed by atoms with Crippen LogP contribution in [0.4, 0.5) is 0 Å². The van der Waals surface area contributed by atoms with Gasteiger partial charge in [0.05, 0.1) is 0 Å².